The Morgan fingerprint density at radius 1 is 1.58 bits per heavy atom. The van der Waals surface area contributed by atoms with Gasteiger partial charge in [-0.15, -0.1) is 0 Å². The van der Waals surface area contributed by atoms with E-state index in [1.54, 1.807) is 0 Å². The van der Waals surface area contributed by atoms with Gasteiger partial charge in [-0.25, -0.2) is 0 Å². The maximum atomic E-state index is 11.0. The number of hydrogen-bond donors (Lipinski definition) is 1. The fraction of sp³-hybridized carbons (Fsp3) is 0.667. The van der Waals surface area contributed by atoms with Crippen molar-refractivity contribution < 1.29 is 4.79 Å². The average Bonchev–Trinajstić information content (AvgIpc) is 2.09. The Labute approximate surface area is 86.9 Å². The zero-order chi connectivity index (χ0) is 8.97. The lowest BCUT2D eigenvalue weighted by Gasteiger charge is -2.20. The molecule has 12 heavy (non-hydrogen) atoms. The van der Waals surface area contributed by atoms with Crippen molar-refractivity contribution in [3.63, 3.8) is 0 Å². The monoisotopic (exact) mass is 279 g/mol. The molecule has 0 spiro atoms. The fourth-order valence-corrected chi connectivity index (χ4v) is 1.81. The number of rotatable bonds is 2. The Morgan fingerprint density at radius 2 is 2.33 bits per heavy atom. The molecule has 0 saturated carbocycles. The first-order chi connectivity index (χ1) is 5.72. The predicted octanol–water partition coefficient (Wildman–Crippen LogP) is 2.03. The minimum Gasteiger partial charge on any atom is -0.350 e. The second-order valence-corrected chi connectivity index (χ2v) is 4.61. The molecule has 2 unspecified atom stereocenters. The Morgan fingerprint density at radius 3 is 2.83 bits per heavy atom. The van der Waals surface area contributed by atoms with Crippen LogP contribution in [0.2, 0.25) is 0 Å². The molecular formula is C9H14INO. The second-order valence-electron chi connectivity index (χ2n) is 3.01. The van der Waals surface area contributed by atoms with Gasteiger partial charge in [-0.3, -0.25) is 4.79 Å². The van der Waals surface area contributed by atoms with Crippen LogP contribution >= 0.6 is 22.6 Å². The molecule has 2 atom stereocenters. The number of allylic oxidation sites excluding steroid dienone is 1. The van der Waals surface area contributed by atoms with Crippen molar-refractivity contribution in [2.75, 3.05) is 0 Å². The number of alkyl halides is 1. The molecule has 3 heteroatoms. The summed E-state index contributed by atoms with van der Waals surface area (Å²) in [5, 5.41) is 2.96. The van der Waals surface area contributed by atoms with E-state index in [1.807, 2.05) is 6.92 Å². The van der Waals surface area contributed by atoms with Crippen molar-refractivity contribution in [2.24, 2.45) is 0 Å². The van der Waals surface area contributed by atoms with Crippen LogP contribution in [-0.4, -0.2) is 15.9 Å². The Kier molecular flexibility index (Phi) is 4.05. The van der Waals surface area contributed by atoms with Crippen LogP contribution in [0.1, 0.15) is 26.2 Å². The normalized spacial score (nSPS) is 28.5. The first kappa shape index (κ1) is 10.0. The van der Waals surface area contributed by atoms with Crippen molar-refractivity contribution in [1.82, 2.24) is 5.32 Å². The van der Waals surface area contributed by atoms with Gasteiger partial charge >= 0.3 is 0 Å². The van der Waals surface area contributed by atoms with Crippen LogP contribution in [0.25, 0.3) is 0 Å². The number of nitrogens with one attached hydrogen (secondary N) is 1. The van der Waals surface area contributed by atoms with Gasteiger partial charge < -0.3 is 5.32 Å². The fourth-order valence-electron chi connectivity index (χ4n) is 1.22. The standard InChI is InChI=1S/C9H14INO/c1-2-9(12)11-8-5-3-7(10)4-6-8/h3,5,7-8H,2,4,6H2,1H3,(H,11,12). The molecule has 1 aliphatic rings. The number of carbonyl (C=O) groups excluding carboxylic acids is 1. The molecule has 2 nitrogen and oxygen atoms in total. The molecule has 1 aliphatic carbocycles. The third kappa shape index (κ3) is 3.13. The predicted molar refractivity (Wildman–Crippen MR) is 58.4 cm³/mol. The van der Waals surface area contributed by atoms with E-state index in [1.165, 1.54) is 6.42 Å². The smallest absolute Gasteiger partial charge is 0.220 e. The Hall–Kier alpha value is -0.0600. The zero-order valence-electron chi connectivity index (χ0n) is 7.22. The molecule has 0 aromatic heterocycles. The van der Waals surface area contributed by atoms with Gasteiger partial charge in [0.2, 0.25) is 5.91 Å². The quantitative estimate of drug-likeness (QED) is 0.468. The summed E-state index contributed by atoms with van der Waals surface area (Å²) in [5.74, 6) is 0.150. The summed E-state index contributed by atoms with van der Waals surface area (Å²) in [7, 11) is 0. The number of halogens is 1. The number of amides is 1. The maximum Gasteiger partial charge on any atom is 0.220 e. The summed E-state index contributed by atoms with van der Waals surface area (Å²) in [6.07, 6.45) is 7.11. The van der Waals surface area contributed by atoms with Crippen molar-refractivity contribution in [3.05, 3.63) is 12.2 Å². The summed E-state index contributed by atoms with van der Waals surface area (Å²) in [6.45, 7) is 1.88. The van der Waals surface area contributed by atoms with Crippen LogP contribution in [-0.2, 0) is 4.79 Å². The van der Waals surface area contributed by atoms with E-state index in [-0.39, 0.29) is 11.9 Å². The maximum absolute atomic E-state index is 11.0. The molecule has 1 rings (SSSR count). The minimum atomic E-state index is 0.150. The molecule has 68 valence electrons. The van der Waals surface area contributed by atoms with E-state index in [2.05, 4.69) is 40.1 Å². The molecule has 0 aromatic carbocycles. The molecule has 1 amide bonds. The molecule has 0 aromatic rings. The SMILES string of the molecule is CCC(=O)NC1C=CC(I)CC1. The summed E-state index contributed by atoms with van der Waals surface area (Å²) < 4.78 is 0.650. The van der Waals surface area contributed by atoms with Gasteiger partial charge in [0.15, 0.2) is 0 Å². The van der Waals surface area contributed by atoms with E-state index >= 15 is 0 Å². The summed E-state index contributed by atoms with van der Waals surface area (Å²) in [6, 6.07) is 0.281. The first-order valence-corrected chi connectivity index (χ1v) is 5.58. The molecule has 0 aliphatic heterocycles. The molecule has 1 N–H and O–H groups in total. The molecule has 0 fully saturated rings. The van der Waals surface area contributed by atoms with Gasteiger partial charge in [0.1, 0.15) is 0 Å². The topological polar surface area (TPSA) is 29.1 Å². The third-order valence-electron chi connectivity index (χ3n) is 1.97. The van der Waals surface area contributed by atoms with Crippen LogP contribution in [0, 0.1) is 0 Å². The van der Waals surface area contributed by atoms with Gasteiger partial charge in [0.25, 0.3) is 0 Å². The first-order valence-electron chi connectivity index (χ1n) is 4.34. The highest BCUT2D eigenvalue weighted by molar-refractivity contribution is 14.1. The van der Waals surface area contributed by atoms with E-state index in [9.17, 15) is 4.79 Å². The summed E-state index contributed by atoms with van der Waals surface area (Å²) in [4.78, 5) is 11.0. The lowest BCUT2D eigenvalue weighted by molar-refractivity contribution is -0.121. The van der Waals surface area contributed by atoms with Crippen LogP contribution < -0.4 is 5.32 Å². The average molecular weight is 279 g/mol. The summed E-state index contributed by atoms with van der Waals surface area (Å²) >= 11 is 2.41. The molecule has 0 heterocycles. The van der Waals surface area contributed by atoms with Gasteiger partial charge in [-0.05, 0) is 12.8 Å². The highest BCUT2D eigenvalue weighted by Gasteiger charge is 2.14. The number of hydrogen-bond acceptors (Lipinski definition) is 1. The van der Waals surface area contributed by atoms with Crippen LogP contribution in [0.4, 0.5) is 0 Å². The van der Waals surface area contributed by atoms with Crippen molar-refractivity contribution in [3.8, 4) is 0 Å². The van der Waals surface area contributed by atoms with Gasteiger partial charge in [-0.1, -0.05) is 41.7 Å². The molecule has 0 bridgehead atoms. The molecular weight excluding hydrogens is 265 g/mol. The molecule has 0 radical (unpaired) electrons. The highest BCUT2D eigenvalue weighted by atomic mass is 127. The van der Waals surface area contributed by atoms with Crippen LogP contribution in [0.15, 0.2) is 12.2 Å². The number of carbonyl (C=O) groups is 1. The van der Waals surface area contributed by atoms with Crippen LogP contribution in [0.5, 0.6) is 0 Å². The van der Waals surface area contributed by atoms with Crippen molar-refractivity contribution in [1.29, 1.82) is 0 Å². The summed E-state index contributed by atoms with van der Waals surface area (Å²) in [5.41, 5.74) is 0. The van der Waals surface area contributed by atoms with Crippen LogP contribution in [0.3, 0.4) is 0 Å². The van der Waals surface area contributed by atoms with E-state index < -0.39 is 0 Å². The van der Waals surface area contributed by atoms with Crippen molar-refractivity contribution >= 4 is 28.5 Å². The third-order valence-corrected chi connectivity index (χ3v) is 3.01. The van der Waals surface area contributed by atoms with E-state index in [0.717, 1.165) is 6.42 Å². The van der Waals surface area contributed by atoms with Gasteiger partial charge in [0, 0.05) is 16.4 Å². The lowest BCUT2D eigenvalue weighted by atomic mass is 10.0. The largest absolute Gasteiger partial charge is 0.350 e. The minimum absolute atomic E-state index is 0.150. The Balaban J connectivity index is 2.35. The molecule has 0 saturated heterocycles. The zero-order valence-corrected chi connectivity index (χ0v) is 9.37. The van der Waals surface area contributed by atoms with E-state index in [4.69, 9.17) is 0 Å². The second kappa shape index (κ2) is 4.84. The Bertz CT molecular complexity index is 191. The van der Waals surface area contributed by atoms with Gasteiger partial charge in [-0.2, -0.15) is 0 Å². The van der Waals surface area contributed by atoms with E-state index in [0.29, 0.717) is 10.3 Å². The highest BCUT2D eigenvalue weighted by Crippen LogP contribution is 2.18. The van der Waals surface area contributed by atoms with Gasteiger partial charge in [0.05, 0.1) is 0 Å². The lowest BCUT2D eigenvalue weighted by Crippen LogP contribution is -2.34. The van der Waals surface area contributed by atoms with Crippen molar-refractivity contribution in [2.45, 2.75) is 36.2 Å².